The molecule has 1 fully saturated rings. The molecule has 4 nitrogen and oxygen atoms in total. The number of nitrogens with one attached hydrogen (secondary N) is 1. The minimum absolute atomic E-state index is 0.150. The van der Waals surface area contributed by atoms with Crippen LogP contribution in [0.1, 0.15) is 61.7 Å². The summed E-state index contributed by atoms with van der Waals surface area (Å²) in [6, 6.07) is 1.86. The van der Waals surface area contributed by atoms with Crippen molar-refractivity contribution in [2.45, 2.75) is 58.5 Å². The highest BCUT2D eigenvalue weighted by molar-refractivity contribution is 5.78. The van der Waals surface area contributed by atoms with E-state index in [1.807, 2.05) is 19.9 Å². The maximum atomic E-state index is 12.0. The van der Waals surface area contributed by atoms with Gasteiger partial charge in [0, 0.05) is 18.0 Å². The van der Waals surface area contributed by atoms with Crippen LogP contribution in [0.3, 0.4) is 0 Å². The molecule has 1 aliphatic rings. The van der Waals surface area contributed by atoms with Crippen LogP contribution in [0.2, 0.25) is 0 Å². The number of carbonyl (C=O) groups excluding carboxylic acids is 1. The summed E-state index contributed by atoms with van der Waals surface area (Å²) < 4.78 is 5.41. The lowest BCUT2D eigenvalue weighted by molar-refractivity contribution is -0.126. The number of aryl methyl sites for hydroxylation is 2. The Morgan fingerprint density at radius 1 is 1.40 bits per heavy atom. The van der Waals surface area contributed by atoms with Crippen LogP contribution in [-0.4, -0.2) is 17.6 Å². The number of amides is 1. The fraction of sp³-hybridized carbons (Fsp3) is 0.688. The number of carbonyl (C=O) groups is 1. The van der Waals surface area contributed by atoms with E-state index in [4.69, 9.17) is 4.42 Å². The summed E-state index contributed by atoms with van der Waals surface area (Å²) in [4.78, 5) is 12.0. The van der Waals surface area contributed by atoms with Crippen LogP contribution in [0.4, 0.5) is 0 Å². The van der Waals surface area contributed by atoms with E-state index in [-0.39, 0.29) is 11.8 Å². The van der Waals surface area contributed by atoms with Gasteiger partial charge in [-0.3, -0.25) is 4.79 Å². The summed E-state index contributed by atoms with van der Waals surface area (Å²) in [5.41, 5.74) is 0.828. The Bertz CT molecular complexity index is 447. The van der Waals surface area contributed by atoms with Crippen LogP contribution in [0.15, 0.2) is 10.5 Å². The fourth-order valence-electron chi connectivity index (χ4n) is 2.98. The van der Waals surface area contributed by atoms with Crippen LogP contribution in [-0.2, 0) is 4.79 Å². The zero-order valence-corrected chi connectivity index (χ0v) is 12.4. The number of furan rings is 1. The number of hydrogen-bond donors (Lipinski definition) is 2. The predicted molar refractivity (Wildman–Crippen MR) is 77.3 cm³/mol. The zero-order valence-electron chi connectivity index (χ0n) is 12.4. The number of rotatable bonds is 5. The van der Waals surface area contributed by atoms with E-state index < -0.39 is 6.10 Å². The first kappa shape index (κ1) is 15.1. The van der Waals surface area contributed by atoms with Crippen molar-refractivity contribution in [3.63, 3.8) is 0 Å². The molecular weight excluding hydrogens is 254 g/mol. The van der Waals surface area contributed by atoms with Gasteiger partial charge >= 0.3 is 0 Å². The molecule has 0 aromatic carbocycles. The molecule has 0 saturated heterocycles. The first-order chi connectivity index (χ1) is 9.58. The second kappa shape index (κ2) is 6.93. The van der Waals surface area contributed by atoms with E-state index in [9.17, 15) is 9.90 Å². The van der Waals surface area contributed by atoms with Crippen molar-refractivity contribution in [1.82, 2.24) is 5.32 Å². The third-order valence-electron chi connectivity index (χ3n) is 4.13. The Labute approximate surface area is 120 Å². The molecule has 1 atom stereocenters. The molecule has 0 spiro atoms. The third kappa shape index (κ3) is 3.85. The van der Waals surface area contributed by atoms with Crippen LogP contribution < -0.4 is 5.32 Å². The Balaban J connectivity index is 1.75. The molecule has 1 amide bonds. The van der Waals surface area contributed by atoms with E-state index in [2.05, 4.69) is 5.32 Å². The molecule has 2 N–H and O–H groups in total. The molecule has 1 aliphatic carbocycles. The monoisotopic (exact) mass is 279 g/mol. The van der Waals surface area contributed by atoms with E-state index in [1.165, 1.54) is 6.42 Å². The Hall–Kier alpha value is -1.29. The van der Waals surface area contributed by atoms with Gasteiger partial charge in [-0.2, -0.15) is 0 Å². The van der Waals surface area contributed by atoms with Gasteiger partial charge in [0.05, 0.1) is 6.10 Å². The molecule has 1 aromatic rings. The summed E-state index contributed by atoms with van der Waals surface area (Å²) in [6.07, 6.45) is 5.55. The lowest BCUT2D eigenvalue weighted by atomic mass is 9.88. The van der Waals surface area contributed by atoms with Gasteiger partial charge < -0.3 is 14.8 Å². The predicted octanol–water partition coefficient (Wildman–Crippen LogP) is 3.02. The molecular formula is C16H25NO3. The van der Waals surface area contributed by atoms with Crippen molar-refractivity contribution in [2.24, 2.45) is 5.92 Å². The number of hydrogen-bond acceptors (Lipinski definition) is 3. The molecule has 1 unspecified atom stereocenters. The quantitative estimate of drug-likeness (QED) is 0.871. The molecule has 1 saturated carbocycles. The highest BCUT2D eigenvalue weighted by atomic mass is 16.3. The molecule has 1 heterocycles. The lowest BCUT2D eigenvalue weighted by Crippen LogP contribution is -2.33. The highest BCUT2D eigenvalue weighted by Crippen LogP contribution is 2.25. The normalized spacial score (nSPS) is 17.9. The first-order valence-corrected chi connectivity index (χ1v) is 7.60. The maximum absolute atomic E-state index is 12.0. The van der Waals surface area contributed by atoms with E-state index in [0.717, 1.165) is 42.8 Å². The van der Waals surface area contributed by atoms with Gasteiger partial charge in [0.2, 0.25) is 5.91 Å². The third-order valence-corrected chi connectivity index (χ3v) is 4.13. The zero-order chi connectivity index (χ0) is 14.5. The van der Waals surface area contributed by atoms with Crippen LogP contribution in [0.5, 0.6) is 0 Å². The topological polar surface area (TPSA) is 62.5 Å². The standard InChI is InChI=1S/C16H25NO3/c1-11-10-14(12(2)20-11)15(18)8-9-17-16(19)13-6-4-3-5-7-13/h10,13,15,18H,3-9H2,1-2H3,(H,17,19). The molecule has 20 heavy (non-hydrogen) atoms. The van der Waals surface area contributed by atoms with Crippen LogP contribution >= 0.6 is 0 Å². The van der Waals surface area contributed by atoms with Crippen LogP contribution in [0, 0.1) is 19.8 Å². The summed E-state index contributed by atoms with van der Waals surface area (Å²) in [5, 5.41) is 13.1. The molecule has 2 rings (SSSR count). The minimum Gasteiger partial charge on any atom is -0.466 e. The van der Waals surface area contributed by atoms with Gasteiger partial charge in [0.15, 0.2) is 0 Å². The van der Waals surface area contributed by atoms with Crippen molar-refractivity contribution in [3.8, 4) is 0 Å². The minimum atomic E-state index is -0.570. The van der Waals surface area contributed by atoms with Crippen molar-refractivity contribution < 1.29 is 14.3 Å². The maximum Gasteiger partial charge on any atom is 0.223 e. The summed E-state index contributed by atoms with van der Waals surface area (Å²) in [5.74, 6) is 1.90. The molecule has 0 bridgehead atoms. The highest BCUT2D eigenvalue weighted by Gasteiger charge is 2.21. The molecule has 1 aromatic heterocycles. The van der Waals surface area contributed by atoms with E-state index in [0.29, 0.717) is 13.0 Å². The van der Waals surface area contributed by atoms with E-state index >= 15 is 0 Å². The van der Waals surface area contributed by atoms with Gasteiger partial charge in [-0.05, 0) is 39.2 Å². The molecule has 4 heteroatoms. The van der Waals surface area contributed by atoms with Gasteiger partial charge in [-0.15, -0.1) is 0 Å². The molecule has 0 aliphatic heterocycles. The van der Waals surface area contributed by atoms with Gasteiger partial charge in [0.1, 0.15) is 11.5 Å². The van der Waals surface area contributed by atoms with Crippen molar-refractivity contribution in [2.75, 3.05) is 6.54 Å². The molecule has 0 radical (unpaired) electrons. The average Bonchev–Trinajstić information content (AvgIpc) is 2.78. The Morgan fingerprint density at radius 2 is 2.10 bits per heavy atom. The first-order valence-electron chi connectivity index (χ1n) is 7.60. The van der Waals surface area contributed by atoms with Crippen LogP contribution in [0.25, 0.3) is 0 Å². The molecule has 112 valence electrons. The smallest absolute Gasteiger partial charge is 0.223 e. The summed E-state index contributed by atoms with van der Waals surface area (Å²) in [7, 11) is 0. The van der Waals surface area contributed by atoms with Gasteiger partial charge in [0.25, 0.3) is 0 Å². The lowest BCUT2D eigenvalue weighted by Gasteiger charge is -2.21. The largest absolute Gasteiger partial charge is 0.466 e. The summed E-state index contributed by atoms with van der Waals surface area (Å²) in [6.45, 7) is 4.24. The van der Waals surface area contributed by atoms with Gasteiger partial charge in [-0.1, -0.05) is 19.3 Å². The van der Waals surface area contributed by atoms with E-state index in [1.54, 1.807) is 0 Å². The number of aliphatic hydroxyl groups is 1. The fourth-order valence-corrected chi connectivity index (χ4v) is 2.98. The summed E-state index contributed by atoms with van der Waals surface area (Å²) >= 11 is 0. The van der Waals surface area contributed by atoms with Crippen molar-refractivity contribution in [1.29, 1.82) is 0 Å². The second-order valence-electron chi connectivity index (χ2n) is 5.80. The average molecular weight is 279 g/mol. The Morgan fingerprint density at radius 3 is 2.70 bits per heavy atom. The SMILES string of the molecule is Cc1cc(C(O)CCNC(=O)C2CCCCC2)c(C)o1. The van der Waals surface area contributed by atoms with Crippen molar-refractivity contribution in [3.05, 3.63) is 23.2 Å². The van der Waals surface area contributed by atoms with Gasteiger partial charge in [-0.25, -0.2) is 0 Å². The number of aliphatic hydroxyl groups excluding tert-OH is 1. The Kier molecular flexibility index (Phi) is 5.24. The van der Waals surface area contributed by atoms with Crippen molar-refractivity contribution >= 4 is 5.91 Å². The second-order valence-corrected chi connectivity index (χ2v) is 5.80.